The van der Waals surface area contributed by atoms with E-state index in [2.05, 4.69) is 11.5 Å². The molecule has 0 saturated carbocycles. The summed E-state index contributed by atoms with van der Waals surface area (Å²) in [5.41, 5.74) is 0. The van der Waals surface area contributed by atoms with Crippen LogP contribution < -0.4 is 4.74 Å². The van der Waals surface area contributed by atoms with Crippen molar-refractivity contribution in [2.45, 2.75) is 19.4 Å². The number of likely N-dealkylation sites (N-methyl/N-ethyl adjacent to an activating group) is 1. The van der Waals surface area contributed by atoms with Crippen molar-refractivity contribution >= 4 is 17.4 Å². The van der Waals surface area contributed by atoms with Gasteiger partial charge in [-0.1, -0.05) is 17.7 Å². The highest BCUT2D eigenvalue weighted by molar-refractivity contribution is 6.30. The predicted molar refractivity (Wildman–Crippen MR) is 78.9 cm³/mol. The summed E-state index contributed by atoms with van der Waals surface area (Å²) in [5, 5.41) is 0.677. The zero-order valence-corrected chi connectivity index (χ0v) is 12.2. The lowest BCUT2D eigenvalue weighted by Gasteiger charge is -2.26. The first-order valence-corrected chi connectivity index (χ1v) is 6.59. The molecule has 0 heterocycles. The van der Waals surface area contributed by atoms with Gasteiger partial charge in [-0.05, 0) is 38.2 Å². The number of nitrogens with zero attached hydrogens (tertiary/aromatic N) is 1. The highest BCUT2D eigenvalue weighted by Crippen LogP contribution is 2.16. The summed E-state index contributed by atoms with van der Waals surface area (Å²) in [4.78, 5) is 13.4. The van der Waals surface area contributed by atoms with Gasteiger partial charge < -0.3 is 4.74 Å². The van der Waals surface area contributed by atoms with Crippen LogP contribution >= 0.6 is 11.6 Å². The van der Waals surface area contributed by atoms with Crippen molar-refractivity contribution in [3.63, 3.8) is 0 Å². The van der Waals surface area contributed by atoms with Crippen LogP contribution in [0.1, 0.15) is 13.3 Å². The van der Waals surface area contributed by atoms with Crippen LogP contribution in [-0.4, -0.2) is 36.9 Å². The highest BCUT2D eigenvalue weighted by Gasteiger charge is 2.16. The first-order chi connectivity index (χ1) is 9.02. The van der Waals surface area contributed by atoms with Crippen LogP contribution in [0, 0.1) is 0 Å². The maximum atomic E-state index is 11.3. The second-order valence-corrected chi connectivity index (χ2v) is 4.99. The van der Waals surface area contributed by atoms with Gasteiger partial charge in [-0.15, -0.1) is 6.58 Å². The van der Waals surface area contributed by atoms with E-state index in [1.807, 2.05) is 25.3 Å². The summed E-state index contributed by atoms with van der Waals surface area (Å²) in [7, 11) is 1.96. The number of rotatable bonds is 8. The van der Waals surface area contributed by atoms with Gasteiger partial charge in [0.05, 0.1) is 6.04 Å². The monoisotopic (exact) mass is 281 g/mol. The maximum absolute atomic E-state index is 11.3. The third kappa shape index (κ3) is 5.90. The summed E-state index contributed by atoms with van der Waals surface area (Å²) in [5.74, 6) is 0.908. The van der Waals surface area contributed by atoms with Gasteiger partial charge in [-0.2, -0.15) is 0 Å². The Morgan fingerprint density at radius 3 is 2.63 bits per heavy atom. The van der Waals surface area contributed by atoms with E-state index in [0.29, 0.717) is 18.1 Å². The molecule has 0 aliphatic heterocycles. The molecule has 1 rings (SSSR count). The fourth-order valence-corrected chi connectivity index (χ4v) is 1.88. The minimum absolute atomic E-state index is 0.0474. The number of carbonyl (C=O) groups excluding carboxylic acids is 1. The lowest BCUT2D eigenvalue weighted by atomic mass is 10.1. The van der Waals surface area contributed by atoms with Crippen molar-refractivity contribution < 1.29 is 9.53 Å². The van der Waals surface area contributed by atoms with Crippen LogP contribution in [0.2, 0.25) is 5.02 Å². The largest absolute Gasteiger partial charge is 0.492 e. The molecule has 0 spiro atoms. The van der Waals surface area contributed by atoms with E-state index in [4.69, 9.17) is 16.3 Å². The Labute approximate surface area is 119 Å². The first-order valence-electron chi connectivity index (χ1n) is 6.22. The molecular formula is C15H20ClNO2. The molecule has 1 aromatic rings. The fraction of sp³-hybridized carbons (Fsp3) is 0.400. The molecule has 4 heteroatoms. The van der Waals surface area contributed by atoms with Gasteiger partial charge in [-0.25, -0.2) is 0 Å². The molecule has 0 aliphatic carbocycles. The summed E-state index contributed by atoms with van der Waals surface area (Å²) in [6, 6.07) is 7.25. The van der Waals surface area contributed by atoms with E-state index < -0.39 is 0 Å². The standard InChI is InChI=1S/C15H20ClNO2/c1-4-9-17(3)14(10-12(2)18)11-19-15-7-5-13(16)6-8-15/h4-8,14H,1,9-11H2,2-3H3. The Morgan fingerprint density at radius 2 is 2.11 bits per heavy atom. The maximum Gasteiger partial charge on any atom is 0.131 e. The second kappa shape index (κ2) is 7.97. The van der Waals surface area contributed by atoms with Gasteiger partial charge in [0.25, 0.3) is 0 Å². The molecule has 0 aromatic heterocycles. The minimum Gasteiger partial charge on any atom is -0.492 e. The Bertz CT molecular complexity index is 417. The molecule has 3 nitrogen and oxygen atoms in total. The molecule has 0 fully saturated rings. The van der Waals surface area contributed by atoms with E-state index in [1.165, 1.54) is 0 Å². The Morgan fingerprint density at radius 1 is 1.47 bits per heavy atom. The van der Waals surface area contributed by atoms with Crippen LogP contribution in [0.5, 0.6) is 5.75 Å². The van der Waals surface area contributed by atoms with Crippen LogP contribution in [0.4, 0.5) is 0 Å². The molecular weight excluding hydrogens is 262 g/mol. The molecule has 19 heavy (non-hydrogen) atoms. The van der Waals surface area contributed by atoms with Crippen molar-refractivity contribution in [1.82, 2.24) is 4.90 Å². The van der Waals surface area contributed by atoms with E-state index >= 15 is 0 Å². The van der Waals surface area contributed by atoms with Crippen molar-refractivity contribution in [2.24, 2.45) is 0 Å². The number of carbonyl (C=O) groups is 1. The molecule has 104 valence electrons. The van der Waals surface area contributed by atoms with Crippen LogP contribution in [0.15, 0.2) is 36.9 Å². The van der Waals surface area contributed by atoms with E-state index in [1.54, 1.807) is 19.1 Å². The molecule has 0 aliphatic rings. The third-order valence-electron chi connectivity index (χ3n) is 2.82. The second-order valence-electron chi connectivity index (χ2n) is 4.55. The van der Waals surface area contributed by atoms with Crippen molar-refractivity contribution in [1.29, 1.82) is 0 Å². The predicted octanol–water partition coefficient (Wildman–Crippen LogP) is 3.18. The molecule has 0 radical (unpaired) electrons. The van der Waals surface area contributed by atoms with Gasteiger partial charge in [0, 0.05) is 18.0 Å². The lowest BCUT2D eigenvalue weighted by Crippen LogP contribution is -2.38. The average Bonchev–Trinajstić information content (AvgIpc) is 2.36. The Kier molecular flexibility index (Phi) is 6.60. The zero-order valence-electron chi connectivity index (χ0n) is 11.4. The minimum atomic E-state index is 0.0474. The Hall–Kier alpha value is -1.32. The average molecular weight is 282 g/mol. The van der Waals surface area contributed by atoms with Crippen molar-refractivity contribution in [3.05, 3.63) is 41.9 Å². The summed E-state index contributed by atoms with van der Waals surface area (Å²) < 4.78 is 5.70. The number of hydrogen-bond donors (Lipinski definition) is 0. The van der Waals surface area contributed by atoms with Crippen LogP contribution in [-0.2, 0) is 4.79 Å². The first kappa shape index (κ1) is 15.7. The van der Waals surface area contributed by atoms with E-state index in [0.717, 1.165) is 12.3 Å². The van der Waals surface area contributed by atoms with Crippen molar-refractivity contribution in [2.75, 3.05) is 20.2 Å². The quantitative estimate of drug-likeness (QED) is 0.686. The smallest absolute Gasteiger partial charge is 0.131 e. The summed E-state index contributed by atoms with van der Waals surface area (Å²) in [6.07, 6.45) is 2.29. The zero-order chi connectivity index (χ0) is 14.3. The van der Waals surface area contributed by atoms with Gasteiger partial charge in [-0.3, -0.25) is 9.69 Å². The van der Waals surface area contributed by atoms with Gasteiger partial charge >= 0.3 is 0 Å². The van der Waals surface area contributed by atoms with E-state index in [9.17, 15) is 4.79 Å². The number of halogens is 1. The highest BCUT2D eigenvalue weighted by atomic mass is 35.5. The van der Waals surface area contributed by atoms with Gasteiger partial charge in [0.2, 0.25) is 0 Å². The number of hydrogen-bond acceptors (Lipinski definition) is 3. The fourth-order valence-electron chi connectivity index (χ4n) is 1.75. The molecule has 1 aromatic carbocycles. The van der Waals surface area contributed by atoms with Crippen molar-refractivity contribution in [3.8, 4) is 5.75 Å². The third-order valence-corrected chi connectivity index (χ3v) is 3.07. The molecule has 1 atom stereocenters. The van der Waals surface area contributed by atoms with E-state index in [-0.39, 0.29) is 11.8 Å². The molecule has 0 N–H and O–H groups in total. The number of ketones is 1. The molecule has 1 unspecified atom stereocenters. The SMILES string of the molecule is C=CCN(C)C(COc1ccc(Cl)cc1)CC(C)=O. The molecule has 0 saturated heterocycles. The Balaban J connectivity index is 2.58. The number of Topliss-reactive ketones (excluding diaryl/α,β-unsaturated/α-hetero) is 1. The van der Waals surface area contributed by atoms with Gasteiger partial charge in [0.15, 0.2) is 0 Å². The lowest BCUT2D eigenvalue weighted by molar-refractivity contribution is -0.118. The number of ether oxygens (including phenoxy) is 1. The normalized spacial score (nSPS) is 12.2. The summed E-state index contributed by atoms with van der Waals surface area (Å²) >= 11 is 5.82. The van der Waals surface area contributed by atoms with Crippen LogP contribution in [0.3, 0.4) is 0 Å². The van der Waals surface area contributed by atoms with Crippen LogP contribution in [0.25, 0.3) is 0 Å². The molecule has 0 amide bonds. The van der Waals surface area contributed by atoms with Gasteiger partial charge in [0.1, 0.15) is 18.1 Å². The topological polar surface area (TPSA) is 29.5 Å². The molecule has 0 bridgehead atoms. The number of benzene rings is 1. The summed E-state index contributed by atoms with van der Waals surface area (Å²) in [6.45, 7) is 6.49.